The molecule has 1 spiro atoms. The molecule has 0 aromatic heterocycles. The van der Waals surface area contributed by atoms with Gasteiger partial charge in [0.25, 0.3) is 5.91 Å². The molecule has 2 heterocycles. The van der Waals surface area contributed by atoms with E-state index in [1.807, 2.05) is 28.0 Å². The zero-order valence-electron chi connectivity index (χ0n) is 17.2. The number of hydrogen-bond acceptors (Lipinski definition) is 4. The van der Waals surface area contributed by atoms with Crippen molar-refractivity contribution in [3.05, 3.63) is 71.3 Å². The monoisotopic (exact) mass is 406 g/mol. The van der Waals surface area contributed by atoms with Gasteiger partial charge >= 0.3 is 5.97 Å². The molecule has 2 amide bonds. The van der Waals surface area contributed by atoms with Gasteiger partial charge in [0, 0.05) is 37.2 Å². The smallest absolute Gasteiger partial charge is 0.337 e. The fraction of sp³-hybridized carbons (Fsp3) is 0.375. The number of esters is 1. The van der Waals surface area contributed by atoms with Gasteiger partial charge in [0.2, 0.25) is 5.91 Å². The van der Waals surface area contributed by atoms with E-state index < -0.39 is 5.97 Å². The van der Waals surface area contributed by atoms with Crippen LogP contribution in [-0.2, 0) is 16.1 Å². The maximum atomic E-state index is 12.9. The first-order valence-corrected chi connectivity index (χ1v) is 10.3. The fourth-order valence-electron chi connectivity index (χ4n) is 4.59. The predicted octanol–water partition coefficient (Wildman–Crippen LogP) is 3.27. The van der Waals surface area contributed by atoms with Gasteiger partial charge < -0.3 is 14.5 Å². The number of hydrogen-bond donors (Lipinski definition) is 0. The molecule has 2 aromatic carbocycles. The van der Waals surface area contributed by atoms with E-state index in [1.165, 1.54) is 7.11 Å². The average Bonchev–Trinajstić information content (AvgIpc) is 3.09. The van der Waals surface area contributed by atoms with Gasteiger partial charge in [-0.1, -0.05) is 30.3 Å². The highest BCUT2D eigenvalue weighted by Crippen LogP contribution is 2.40. The van der Waals surface area contributed by atoms with Gasteiger partial charge in [-0.15, -0.1) is 0 Å². The summed E-state index contributed by atoms with van der Waals surface area (Å²) >= 11 is 0. The minimum Gasteiger partial charge on any atom is -0.465 e. The maximum Gasteiger partial charge on any atom is 0.337 e. The maximum absolute atomic E-state index is 12.9. The summed E-state index contributed by atoms with van der Waals surface area (Å²) < 4.78 is 4.70. The molecule has 0 bridgehead atoms. The summed E-state index contributed by atoms with van der Waals surface area (Å²) in [5.74, 6) is -0.254. The Hall–Kier alpha value is -3.15. The van der Waals surface area contributed by atoms with Gasteiger partial charge in [0.1, 0.15) is 0 Å². The normalized spacial score (nSPS) is 18.0. The van der Waals surface area contributed by atoms with Gasteiger partial charge in [-0.25, -0.2) is 4.79 Å². The Kier molecular flexibility index (Phi) is 5.57. The molecular formula is C24H26N2O4. The van der Waals surface area contributed by atoms with Crippen LogP contribution in [-0.4, -0.2) is 53.3 Å². The third-order valence-electron chi connectivity index (χ3n) is 6.40. The van der Waals surface area contributed by atoms with Crippen molar-refractivity contribution >= 4 is 17.8 Å². The van der Waals surface area contributed by atoms with Crippen LogP contribution in [0, 0.1) is 0 Å². The number of likely N-dealkylation sites (tertiary alicyclic amines) is 2. The number of methoxy groups -OCH3 is 1. The van der Waals surface area contributed by atoms with E-state index >= 15 is 0 Å². The second-order valence-corrected chi connectivity index (χ2v) is 8.05. The Labute approximate surface area is 176 Å². The number of ether oxygens (including phenoxy) is 1. The third kappa shape index (κ3) is 3.82. The fourth-order valence-corrected chi connectivity index (χ4v) is 4.59. The zero-order valence-corrected chi connectivity index (χ0v) is 17.2. The number of nitrogens with zero attached hydrogens (tertiary/aromatic N) is 2. The first-order chi connectivity index (χ1) is 14.5. The lowest BCUT2D eigenvalue weighted by Crippen LogP contribution is -2.53. The number of piperidine rings is 1. The topological polar surface area (TPSA) is 66.9 Å². The molecule has 4 rings (SSSR count). The Balaban J connectivity index is 1.42. The van der Waals surface area contributed by atoms with Crippen LogP contribution in [0.4, 0.5) is 0 Å². The highest BCUT2D eigenvalue weighted by atomic mass is 16.5. The lowest BCUT2D eigenvalue weighted by Gasteiger charge is -2.45. The van der Waals surface area contributed by atoms with Gasteiger partial charge in [-0.2, -0.15) is 0 Å². The number of benzene rings is 2. The lowest BCUT2D eigenvalue weighted by atomic mass is 9.84. The van der Waals surface area contributed by atoms with Crippen molar-refractivity contribution in [3.8, 4) is 0 Å². The van der Waals surface area contributed by atoms with Gasteiger partial charge in [-0.05, 0) is 49.1 Å². The number of carbonyl (C=O) groups is 3. The lowest BCUT2D eigenvalue weighted by molar-refractivity contribution is -0.133. The summed E-state index contributed by atoms with van der Waals surface area (Å²) in [5, 5.41) is 0. The standard InChI is InChI=1S/C24H26N2O4/c1-30-23(29)20-9-7-19(8-10-20)22(28)25-15-13-24(14-16-25)12-11-21(27)26(24)17-18-5-3-2-4-6-18/h2-10H,11-17H2,1H3. The zero-order chi connectivity index (χ0) is 21.1. The largest absolute Gasteiger partial charge is 0.465 e. The Morgan fingerprint density at radius 2 is 1.57 bits per heavy atom. The van der Waals surface area contributed by atoms with Crippen LogP contribution in [0.3, 0.4) is 0 Å². The summed E-state index contributed by atoms with van der Waals surface area (Å²) in [5.41, 5.74) is 1.96. The van der Waals surface area contributed by atoms with E-state index in [4.69, 9.17) is 4.74 Å². The summed E-state index contributed by atoms with van der Waals surface area (Å²) in [4.78, 5) is 41.0. The predicted molar refractivity (Wildman–Crippen MR) is 112 cm³/mol. The molecule has 6 nitrogen and oxygen atoms in total. The van der Waals surface area contributed by atoms with Gasteiger partial charge in [0.05, 0.1) is 12.7 Å². The average molecular weight is 406 g/mol. The van der Waals surface area contributed by atoms with Crippen molar-refractivity contribution < 1.29 is 19.1 Å². The van der Waals surface area contributed by atoms with E-state index in [0.717, 1.165) is 24.8 Å². The Morgan fingerprint density at radius 1 is 0.933 bits per heavy atom. The molecular weight excluding hydrogens is 380 g/mol. The molecule has 0 saturated carbocycles. The summed E-state index contributed by atoms with van der Waals surface area (Å²) in [6, 6.07) is 16.6. The second kappa shape index (κ2) is 8.30. The van der Waals surface area contributed by atoms with Gasteiger partial charge in [0.15, 0.2) is 0 Å². The van der Waals surface area contributed by atoms with Crippen LogP contribution in [0.2, 0.25) is 0 Å². The van der Waals surface area contributed by atoms with Crippen molar-refractivity contribution in [1.29, 1.82) is 0 Å². The first kappa shape index (κ1) is 20.1. The van der Waals surface area contributed by atoms with Crippen LogP contribution in [0.5, 0.6) is 0 Å². The van der Waals surface area contributed by atoms with Crippen molar-refractivity contribution in [2.45, 2.75) is 37.8 Å². The van der Waals surface area contributed by atoms with E-state index in [0.29, 0.717) is 37.2 Å². The number of carbonyl (C=O) groups excluding carboxylic acids is 3. The van der Waals surface area contributed by atoms with Crippen molar-refractivity contribution in [1.82, 2.24) is 9.80 Å². The minimum atomic E-state index is -0.418. The minimum absolute atomic E-state index is 0.0415. The third-order valence-corrected chi connectivity index (χ3v) is 6.40. The van der Waals surface area contributed by atoms with E-state index in [9.17, 15) is 14.4 Å². The van der Waals surface area contributed by atoms with Crippen molar-refractivity contribution in [2.24, 2.45) is 0 Å². The molecule has 2 aliphatic heterocycles. The van der Waals surface area contributed by atoms with Crippen LogP contribution >= 0.6 is 0 Å². The van der Waals surface area contributed by atoms with E-state index in [-0.39, 0.29) is 17.4 Å². The molecule has 156 valence electrons. The van der Waals surface area contributed by atoms with E-state index in [1.54, 1.807) is 24.3 Å². The highest BCUT2D eigenvalue weighted by molar-refractivity contribution is 5.96. The molecule has 2 aliphatic rings. The first-order valence-electron chi connectivity index (χ1n) is 10.3. The quantitative estimate of drug-likeness (QED) is 0.731. The summed E-state index contributed by atoms with van der Waals surface area (Å²) in [7, 11) is 1.33. The molecule has 0 N–H and O–H groups in total. The molecule has 2 fully saturated rings. The van der Waals surface area contributed by atoms with Crippen LogP contribution in [0.15, 0.2) is 54.6 Å². The van der Waals surface area contributed by atoms with E-state index in [2.05, 4.69) is 12.1 Å². The Morgan fingerprint density at radius 3 is 2.20 bits per heavy atom. The highest BCUT2D eigenvalue weighted by Gasteiger charge is 2.47. The molecule has 0 atom stereocenters. The van der Waals surface area contributed by atoms with Crippen molar-refractivity contribution in [2.75, 3.05) is 20.2 Å². The SMILES string of the molecule is COC(=O)c1ccc(C(=O)N2CCC3(CCC(=O)N3Cc3ccccc3)CC2)cc1. The summed E-state index contributed by atoms with van der Waals surface area (Å²) in [6.45, 7) is 1.87. The molecule has 0 radical (unpaired) electrons. The molecule has 6 heteroatoms. The molecule has 2 aromatic rings. The molecule has 2 saturated heterocycles. The molecule has 0 aliphatic carbocycles. The number of amides is 2. The molecule has 30 heavy (non-hydrogen) atoms. The summed E-state index contributed by atoms with van der Waals surface area (Å²) in [6.07, 6.45) is 3.01. The molecule has 0 unspecified atom stereocenters. The van der Waals surface area contributed by atoms with Crippen LogP contribution in [0.25, 0.3) is 0 Å². The number of rotatable bonds is 4. The van der Waals surface area contributed by atoms with Crippen LogP contribution < -0.4 is 0 Å². The van der Waals surface area contributed by atoms with Crippen molar-refractivity contribution in [3.63, 3.8) is 0 Å². The van der Waals surface area contributed by atoms with Gasteiger partial charge in [-0.3, -0.25) is 9.59 Å². The van der Waals surface area contributed by atoms with Crippen LogP contribution in [0.1, 0.15) is 52.0 Å². The second-order valence-electron chi connectivity index (χ2n) is 8.05. The Bertz CT molecular complexity index is 931.